The molecule has 1 unspecified atom stereocenters. The molecule has 0 aliphatic rings. The third-order valence-electron chi connectivity index (χ3n) is 4.84. The Kier molecular flexibility index (Phi) is 8.22. The van der Waals surface area contributed by atoms with Gasteiger partial charge in [0.2, 0.25) is 0 Å². The van der Waals surface area contributed by atoms with Gasteiger partial charge >= 0.3 is 18.8 Å². The molecule has 0 aliphatic carbocycles. The topological polar surface area (TPSA) is 86.2 Å². The number of urea groups is 1. The van der Waals surface area contributed by atoms with Gasteiger partial charge < -0.3 is 10.1 Å². The van der Waals surface area contributed by atoms with E-state index in [0.29, 0.717) is 5.56 Å². The minimum Gasteiger partial charge on any atom is -0.435 e. The summed E-state index contributed by atoms with van der Waals surface area (Å²) in [5.41, 5.74) is 5.98. The summed E-state index contributed by atoms with van der Waals surface area (Å²) in [6.45, 7) is -2.98. The van der Waals surface area contributed by atoms with Crippen LogP contribution < -0.4 is 20.9 Å². The number of halogens is 5. The van der Waals surface area contributed by atoms with Crippen LogP contribution in [0.4, 0.5) is 32.4 Å². The second-order valence-corrected chi connectivity index (χ2v) is 7.32. The van der Waals surface area contributed by atoms with E-state index in [1.54, 1.807) is 24.3 Å². The second-order valence-electron chi connectivity index (χ2n) is 7.32. The molecule has 0 saturated carbocycles. The SMILES string of the molecule is N#Cc1ccc(CC(NNC(=O)Nc2ccc(OC(F)F)cc2)c2cccc(C(F)(F)F)c2)cc1. The first-order valence-electron chi connectivity index (χ1n) is 10.2. The molecule has 3 aromatic rings. The van der Waals surface area contributed by atoms with Crippen molar-refractivity contribution in [2.24, 2.45) is 0 Å². The van der Waals surface area contributed by atoms with Crippen LogP contribution in [0.2, 0.25) is 0 Å². The number of benzene rings is 3. The highest BCUT2D eigenvalue weighted by Crippen LogP contribution is 2.31. The zero-order chi connectivity index (χ0) is 25.4. The standard InChI is InChI=1S/C24H19F5N4O2/c25-22(26)35-20-10-8-19(9-11-20)31-23(34)33-32-21(12-15-4-6-16(14-30)7-5-15)17-2-1-3-18(13-17)24(27,28)29/h1-11,13,21-22,32H,12H2,(H2,31,33,34). The van der Waals surface area contributed by atoms with Crippen LogP contribution in [0.5, 0.6) is 5.75 Å². The maximum absolute atomic E-state index is 13.2. The first-order valence-corrected chi connectivity index (χ1v) is 10.2. The number of carbonyl (C=O) groups excluding carboxylic acids is 1. The van der Waals surface area contributed by atoms with Crippen LogP contribution in [-0.2, 0) is 12.6 Å². The van der Waals surface area contributed by atoms with Gasteiger partial charge in [0.25, 0.3) is 0 Å². The summed E-state index contributed by atoms with van der Waals surface area (Å²) in [6.07, 6.45) is -4.34. The predicted octanol–water partition coefficient (Wildman–Crippen LogP) is 5.79. The largest absolute Gasteiger partial charge is 0.435 e. The van der Waals surface area contributed by atoms with Crippen molar-refractivity contribution in [3.8, 4) is 11.8 Å². The van der Waals surface area contributed by atoms with Gasteiger partial charge in [-0.1, -0.05) is 24.3 Å². The number of carbonyl (C=O) groups is 1. The van der Waals surface area contributed by atoms with E-state index >= 15 is 0 Å². The number of nitriles is 1. The van der Waals surface area contributed by atoms with E-state index in [9.17, 15) is 26.7 Å². The number of nitrogens with zero attached hydrogens (tertiary/aromatic N) is 1. The predicted molar refractivity (Wildman–Crippen MR) is 117 cm³/mol. The molecule has 0 spiro atoms. The highest BCUT2D eigenvalue weighted by atomic mass is 19.4. The molecule has 11 heteroatoms. The van der Waals surface area contributed by atoms with Crippen LogP contribution in [0.15, 0.2) is 72.8 Å². The summed E-state index contributed by atoms with van der Waals surface area (Å²) >= 11 is 0. The van der Waals surface area contributed by atoms with Crippen LogP contribution in [0, 0.1) is 11.3 Å². The summed E-state index contributed by atoms with van der Waals surface area (Å²) in [6, 6.07) is 16.9. The fraction of sp³-hybridized carbons (Fsp3) is 0.167. The summed E-state index contributed by atoms with van der Waals surface area (Å²) in [5, 5.41) is 11.4. The van der Waals surface area contributed by atoms with Gasteiger partial charge in [0.05, 0.1) is 23.2 Å². The molecule has 1 atom stereocenters. The van der Waals surface area contributed by atoms with E-state index in [1.165, 1.54) is 36.4 Å². The van der Waals surface area contributed by atoms with Gasteiger partial charge in [0.15, 0.2) is 0 Å². The Hall–Kier alpha value is -4.17. The minimum atomic E-state index is -4.54. The van der Waals surface area contributed by atoms with Crippen molar-refractivity contribution in [3.63, 3.8) is 0 Å². The van der Waals surface area contributed by atoms with Crippen molar-refractivity contribution in [2.75, 3.05) is 5.32 Å². The van der Waals surface area contributed by atoms with Gasteiger partial charge in [0.1, 0.15) is 5.75 Å². The van der Waals surface area contributed by atoms with Crippen LogP contribution >= 0.6 is 0 Å². The van der Waals surface area contributed by atoms with Gasteiger partial charge in [-0.15, -0.1) is 0 Å². The van der Waals surface area contributed by atoms with E-state index in [0.717, 1.165) is 17.7 Å². The normalized spacial score (nSPS) is 12.0. The van der Waals surface area contributed by atoms with Crippen molar-refractivity contribution < 1.29 is 31.5 Å². The number of hydrazine groups is 1. The molecule has 182 valence electrons. The molecule has 0 fully saturated rings. The molecule has 3 N–H and O–H groups in total. The van der Waals surface area contributed by atoms with Gasteiger partial charge in [-0.2, -0.15) is 27.2 Å². The quantitative estimate of drug-likeness (QED) is 0.276. The van der Waals surface area contributed by atoms with Gasteiger partial charge in [-0.25, -0.2) is 10.2 Å². The average molecular weight is 490 g/mol. The molecule has 0 heterocycles. The van der Waals surface area contributed by atoms with E-state index in [2.05, 4.69) is 20.9 Å². The smallest absolute Gasteiger partial charge is 0.416 e. The fourth-order valence-electron chi connectivity index (χ4n) is 3.17. The lowest BCUT2D eigenvalue weighted by Gasteiger charge is -2.21. The molecule has 6 nitrogen and oxygen atoms in total. The Bertz CT molecular complexity index is 1180. The summed E-state index contributed by atoms with van der Waals surface area (Å²) in [5.74, 6) is -0.0869. The zero-order valence-electron chi connectivity index (χ0n) is 17.9. The van der Waals surface area contributed by atoms with Crippen molar-refractivity contribution in [2.45, 2.75) is 25.3 Å². The van der Waals surface area contributed by atoms with Crippen LogP contribution in [0.3, 0.4) is 0 Å². The van der Waals surface area contributed by atoms with Gasteiger partial charge in [-0.3, -0.25) is 5.43 Å². The fourth-order valence-corrected chi connectivity index (χ4v) is 3.17. The monoisotopic (exact) mass is 490 g/mol. The number of hydrogen-bond donors (Lipinski definition) is 3. The number of nitrogens with one attached hydrogen (secondary N) is 3. The minimum absolute atomic E-state index is 0.0869. The Labute approximate surface area is 197 Å². The van der Waals surface area contributed by atoms with Crippen LogP contribution in [-0.4, -0.2) is 12.6 Å². The molecule has 0 saturated heterocycles. The number of anilines is 1. The van der Waals surface area contributed by atoms with E-state index in [4.69, 9.17) is 5.26 Å². The molecule has 0 bridgehead atoms. The molecule has 2 amide bonds. The summed E-state index contributed by atoms with van der Waals surface area (Å²) in [4.78, 5) is 12.3. The second kappa shape index (κ2) is 11.3. The summed E-state index contributed by atoms with van der Waals surface area (Å²) < 4.78 is 68.4. The molecular weight excluding hydrogens is 471 g/mol. The number of ether oxygens (including phenoxy) is 1. The Morgan fingerprint density at radius 2 is 1.69 bits per heavy atom. The lowest BCUT2D eigenvalue weighted by Crippen LogP contribution is -2.43. The summed E-state index contributed by atoms with van der Waals surface area (Å²) in [7, 11) is 0. The molecule has 0 radical (unpaired) electrons. The maximum atomic E-state index is 13.2. The first-order chi connectivity index (χ1) is 16.6. The first kappa shape index (κ1) is 25.5. The van der Waals surface area contributed by atoms with Crippen molar-refractivity contribution in [1.82, 2.24) is 10.9 Å². The lowest BCUT2D eigenvalue weighted by molar-refractivity contribution is -0.137. The highest BCUT2D eigenvalue weighted by Gasteiger charge is 2.31. The molecule has 3 rings (SSSR count). The Balaban J connectivity index is 1.72. The third kappa shape index (κ3) is 7.68. The Morgan fingerprint density at radius 3 is 2.29 bits per heavy atom. The molecular formula is C24H19F5N4O2. The van der Waals surface area contributed by atoms with E-state index in [1.807, 2.05) is 6.07 Å². The Morgan fingerprint density at radius 1 is 1.00 bits per heavy atom. The number of rotatable bonds is 8. The van der Waals surface area contributed by atoms with Crippen molar-refractivity contribution >= 4 is 11.7 Å². The number of hydrogen-bond acceptors (Lipinski definition) is 4. The molecule has 0 aliphatic heterocycles. The zero-order valence-corrected chi connectivity index (χ0v) is 17.9. The average Bonchev–Trinajstić information content (AvgIpc) is 2.82. The van der Waals surface area contributed by atoms with Gasteiger partial charge in [-0.05, 0) is 66.1 Å². The van der Waals surface area contributed by atoms with E-state index in [-0.39, 0.29) is 23.4 Å². The highest BCUT2D eigenvalue weighted by molar-refractivity contribution is 5.88. The number of amides is 2. The number of alkyl halides is 5. The molecule has 3 aromatic carbocycles. The lowest BCUT2D eigenvalue weighted by atomic mass is 9.97. The van der Waals surface area contributed by atoms with E-state index < -0.39 is 30.4 Å². The van der Waals surface area contributed by atoms with Crippen molar-refractivity contribution in [1.29, 1.82) is 5.26 Å². The molecule has 0 aromatic heterocycles. The third-order valence-corrected chi connectivity index (χ3v) is 4.84. The molecule has 35 heavy (non-hydrogen) atoms. The van der Waals surface area contributed by atoms with Crippen molar-refractivity contribution in [3.05, 3.63) is 95.1 Å². The van der Waals surface area contributed by atoms with Crippen LogP contribution in [0.1, 0.15) is 28.3 Å². The maximum Gasteiger partial charge on any atom is 0.416 e. The van der Waals surface area contributed by atoms with Crippen LogP contribution in [0.25, 0.3) is 0 Å². The van der Waals surface area contributed by atoms with Gasteiger partial charge in [0, 0.05) is 5.69 Å².